The number of carbonyl (C=O) groups excluding carboxylic acids is 1. The van der Waals surface area contributed by atoms with Gasteiger partial charge in [-0.1, -0.05) is 6.08 Å². The highest BCUT2D eigenvalue weighted by molar-refractivity contribution is 5.96. The van der Waals surface area contributed by atoms with E-state index in [9.17, 15) is 4.79 Å². The fourth-order valence-corrected chi connectivity index (χ4v) is 4.08. The molecule has 0 saturated carbocycles. The summed E-state index contributed by atoms with van der Waals surface area (Å²) >= 11 is 0. The molecule has 0 unspecified atom stereocenters. The number of anilines is 1. The summed E-state index contributed by atoms with van der Waals surface area (Å²) in [5, 5.41) is 6.70. The summed E-state index contributed by atoms with van der Waals surface area (Å²) in [6.07, 6.45) is 6.45. The van der Waals surface area contributed by atoms with Gasteiger partial charge in [-0.2, -0.15) is 0 Å². The molecule has 134 valence electrons. The van der Waals surface area contributed by atoms with E-state index in [1.165, 1.54) is 12.8 Å². The second-order valence-corrected chi connectivity index (χ2v) is 7.26. The minimum Gasteiger partial charge on any atom is -0.495 e. The Kier molecular flexibility index (Phi) is 4.39. The summed E-state index contributed by atoms with van der Waals surface area (Å²) in [6, 6.07) is 5.72. The topological polar surface area (TPSA) is 56.8 Å². The summed E-state index contributed by atoms with van der Waals surface area (Å²) in [4.78, 5) is 17.0. The smallest absolute Gasteiger partial charge is 0.253 e. The maximum atomic E-state index is 12.9. The first-order valence-electron chi connectivity index (χ1n) is 9.03. The second-order valence-electron chi connectivity index (χ2n) is 7.26. The number of nitrogens with one attached hydrogen (secondary N) is 2. The third kappa shape index (κ3) is 3.12. The Bertz CT molecular complexity index is 674. The van der Waals surface area contributed by atoms with Crippen molar-refractivity contribution < 1.29 is 9.53 Å². The van der Waals surface area contributed by atoms with Crippen molar-refractivity contribution in [2.45, 2.75) is 12.8 Å². The number of carbonyl (C=O) groups is 1. The van der Waals surface area contributed by atoms with Crippen molar-refractivity contribution in [1.29, 1.82) is 0 Å². The molecule has 3 aliphatic rings. The molecule has 2 N–H and O–H groups in total. The summed E-state index contributed by atoms with van der Waals surface area (Å²) in [5.74, 6) is 0.908. The predicted molar refractivity (Wildman–Crippen MR) is 97.9 cm³/mol. The highest BCUT2D eigenvalue weighted by Crippen LogP contribution is 2.40. The van der Waals surface area contributed by atoms with Crippen LogP contribution in [0.3, 0.4) is 0 Å². The van der Waals surface area contributed by atoms with Crippen LogP contribution in [-0.2, 0) is 0 Å². The van der Waals surface area contributed by atoms with Gasteiger partial charge in [0.15, 0.2) is 0 Å². The number of hydrogen-bond donors (Lipinski definition) is 2. The van der Waals surface area contributed by atoms with Gasteiger partial charge < -0.3 is 19.9 Å². The monoisotopic (exact) mass is 342 g/mol. The molecule has 25 heavy (non-hydrogen) atoms. The van der Waals surface area contributed by atoms with Gasteiger partial charge in [0, 0.05) is 36.8 Å². The lowest BCUT2D eigenvalue weighted by Crippen LogP contribution is -2.61. The lowest BCUT2D eigenvalue weighted by atomic mass is 9.72. The lowest BCUT2D eigenvalue weighted by molar-refractivity contribution is -0.0113. The molecule has 0 aliphatic carbocycles. The third-order valence-electron chi connectivity index (χ3n) is 5.57. The normalized spacial score (nSPS) is 22.0. The van der Waals surface area contributed by atoms with E-state index in [-0.39, 0.29) is 5.91 Å². The Labute approximate surface area is 148 Å². The van der Waals surface area contributed by atoms with E-state index in [0.717, 1.165) is 49.7 Å². The van der Waals surface area contributed by atoms with Crippen molar-refractivity contribution in [3.05, 3.63) is 36.0 Å². The van der Waals surface area contributed by atoms with Gasteiger partial charge in [0.25, 0.3) is 5.91 Å². The summed E-state index contributed by atoms with van der Waals surface area (Å²) in [5.41, 5.74) is 2.02. The van der Waals surface area contributed by atoms with Crippen LogP contribution in [0.1, 0.15) is 23.2 Å². The van der Waals surface area contributed by atoms with Crippen molar-refractivity contribution in [2.24, 2.45) is 5.41 Å². The quantitative estimate of drug-likeness (QED) is 0.870. The van der Waals surface area contributed by atoms with Crippen LogP contribution in [-0.4, -0.2) is 57.3 Å². The third-order valence-corrected chi connectivity index (χ3v) is 5.57. The maximum Gasteiger partial charge on any atom is 0.253 e. The summed E-state index contributed by atoms with van der Waals surface area (Å²) < 4.78 is 5.49. The number of likely N-dealkylation sites (tertiary alicyclic amines) is 1. The first kappa shape index (κ1) is 16.4. The van der Waals surface area contributed by atoms with Gasteiger partial charge in [-0.3, -0.25) is 10.1 Å². The van der Waals surface area contributed by atoms with Crippen LogP contribution in [0.25, 0.3) is 0 Å². The van der Waals surface area contributed by atoms with Crippen LogP contribution in [0.4, 0.5) is 5.69 Å². The molecule has 2 saturated heterocycles. The Hall–Kier alpha value is -2.05. The van der Waals surface area contributed by atoms with Gasteiger partial charge >= 0.3 is 0 Å². The number of methoxy groups -OCH3 is 1. The number of rotatable bonds is 3. The Balaban J connectivity index is 1.51. The maximum absolute atomic E-state index is 12.9. The second kappa shape index (κ2) is 6.69. The zero-order chi connectivity index (χ0) is 17.3. The minimum absolute atomic E-state index is 0.127. The Morgan fingerprint density at radius 1 is 1.20 bits per heavy atom. The molecule has 0 bridgehead atoms. The van der Waals surface area contributed by atoms with Crippen molar-refractivity contribution in [3.8, 4) is 5.75 Å². The van der Waals surface area contributed by atoms with E-state index < -0.39 is 0 Å². The molecule has 0 aromatic heterocycles. The number of amides is 1. The highest BCUT2D eigenvalue weighted by Gasteiger charge is 2.45. The van der Waals surface area contributed by atoms with Gasteiger partial charge in [-0.05, 0) is 44.1 Å². The first-order valence-corrected chi connectivity index (χ1v) is 9.03. The number of nitrogens with zero attached hydrogens (tertiary/aromatic N) is 2. The minimum atomic E-state index is 0.127. The summed E-state index contributed by atoms with van der Waals surface area (Å²) in [7, 11) is 1.66. The molecule has 3 aliphatic heterocycles. The van der Waals surface area contributed by atoms with E-state index >= 15 is 0 Å². The fourth-order valence-electron chi connectivity index (χ4n) is 4.08. The molecule has 6 nitrogen and oxygen atoms in total. The first-order chi connectivity index (χ1) is 12.2. The predicted octanol–water partition coefficient (Wildman–Crippen LogP) is 1.40. The molecule has 1 aromatic carbocycles. The zero-order valence-corrected chi connectivity index (χ0v) is 14.8. The molecule has 4 rings (SSSR count). The molecular weight excluding hydrogens is 316 g/mol. The lowest BCUT2D eigenvalue weighted by Gasteiger charge is -2.52. The molecule has 3 heterocycles. The molecule has 1 spiro atoms. The van der Waals surface area contributed by atoms with Gasteiger partial charge in [0.1, 0.15) is 5.75 Å². The SMILES string of the molecule is COc1ccc(C(=O)N2CC3(CCNCC3)C2)cc1N1C=CCNC1. The fraction of sp³-hybridized carbons (Fsp3) is 0.526. The van der Waals surface area contributed by atoms with Crippen LogP contribution in [0.5, 0.6) is 5.75 Å². The van der Waals surface area contributed by atoms with E-state index in [1.54, 1.807) is 7.11 Å². The largest absolute Gasteiger partial charge is 0.495 e. The van der Waals surface area contributed by atoms with Crippen molar-refractivity contribution >= 4 is 11.6 Å². The number of benzene rings is 1. The molecule has 1 amide bonds. The van der Waals surface area contributed by atoms with Crippen molar-refractivity contribution in [3.63, 3.8) is 0 Å². The van der Waals surface area contributed by atoms with E-state index in [0.29, 0.717) is 12.1 Å². The molecule has 0 atom stereocenters. The number of ether oxygens (including phenoxy) is 1. The zero-order valence-electron chi connectivity index (χ0n) is 14.8. The number of piperidine rings is 1. The van der Waals surface area contributed by atoms with Crippen LogP contribution >= 0.6 is 0 Å². The molecule has 0 radical (unpaired) electrons. The van der Waals surface area contributed by atoms with Gasteiger partial charge in [-0.15, -0.1) is 0 Å². The average Bonchev–Trinajstić information content (AvgIpc) is 2.66. The van der Waals surface area contributed by atoms with Gasteiger partial charge in [0.05, 0.1) is 19.5 Å². The Morgan fingerprint density at radius 2 is 2.00 bits per heavy atom. The standard InChI is InChI=1S/C19H26N4O2/c1-25-17-4-3-15(11-16(17)22-10-2-7-21-14-22)18(24)23-12-19(13-23)5-8-20-9-6-19/h2-4,10-11,20-21H,5-9,12-14H2,1H3. The van der Waals surface area contributed by atoms with E-state index in [1.807, 2.05) is 29.3 Å². The molecular formula is C19H26N4O2. The molecule has 2 fully saturated rings. The van der Waals surface area contributed by atoms with Crippen LogP contribution in [0.2, 0.25) is 0 Å². The van der Waals surface area contributed by atoms with Gasteiger partial charge in [0.2, 0.25) is 0 Å². The average molecular weight is 342 g/mol. The Morgan fingerprint density at radius 3 is 2.68 bits per heavy atom. The van der Waals surface area contributed by atoms with Crippen molar-refractivity contribution in [1.82, 2.24) is 15.5 Å². The van der Waals surface area contributed by atoms with Crippen LogP contribution < -0.4 is 20.3 Å². The highest BCUT2D eigenvalue weighted by atomic mass is 16.5. The van der Waals surface area contributed by atoms with Crippen molar-refractivity contribution in [2.75, 3.05) is 51.4 Å². The van der Waals surface area contributed by atoms with E-state index in [4.69, 9.17) is 4.74 Å². The number of hydrogen-bond acceptors (Lipinski definition) is 5. The molecule has 1 aromatic rings. The molecule has 6 heteroatoms. The van der Waals surface area contributed by atoms with Gasteiger partial charge in [-0.25, -0.2) is 0 Å². The van der Waals surface area contributed by atoms with E-state index in [2.05, 4.69) is 21.6 Å². The van der Waals surface area contributed by atoms with Crippen LogP contribution in [0.15, 0.2) is 30.5 Å². The van der Waals surface area contributed by atoms with Crippen LogP contribution in [0, 0.1) is 5.41 Å². The summed E-state index contributed by atoms with van der Waals surface area (Å²) in [6.45, 7) is 5.50.